The van der Waals surface area contributed by atoms with E-state index in [2.05, 4.69) is 11.8 Å². The van der Waals surface area contributed by atoms with Gasteiger partial charge in [0.15, 0.2) is 0 Å². The number of terminal acetylenes is 2. The Morgan fingerprint density at radius 2 is 0.605 bits per heavy atom. The van der Waals surface area contributed by atoms with Crippen LogP contribution in [0.1, 0.15) is 0 Å². The van der Waals surface area contributed by atoms with Crippen molar-refractivity contribution in [2.24, 2.45) is 0 Å². The molecule has 0 heterocycles. The first-order valence-corrected chi connectivity index (χ1v) is 12.7. The van der Waals surface area contributed by atoms with Crippen LogP contribution in [-0.4, -0.2) is 119 Å². The summed E-state index contributed by atoms with van der Waals surface area (Å²) in [5, 5.41) is 0. The van der Waals surface area contributed by atoms with Gasteiger partial charge in [0.2, 0.25) is 0 Å². The standard InChI is InChI=1S/C28H42O10/c1-3-9-29-11-13-31-15-17-33-19-21-35-23-25-37-27-5-7-28(8-6-27)38-26-24-36-22-20-34-18-16-32-14-12-30-10-4-2/h1-2,5-8H,9-26H2. The first kappa shape index (κ1) is 33.6. The maximum absolute atomic E-state index is 5.66. The van der Waals surface area contributed by atoms with E-state index in [0.29, 0.717) is 119 Å². The van der Waals surface area contributed by atoms with Crippen molar-refractivity contribution in [1.82, 2.24) is 0 Å². The van der Waals surface area contributed by atoms with E-state index in [1.54, 1.807) is 0 Å². The molecule has 10 nitrogen and oxygen atoms in total. The van der Waals surface area contributed by atoms with Gasteiger partial charge < -0.3 is 47.4 Å². The molecule has 0 aromatic heterocycles. The fraction of sp³-hybridized carbons (Fsp3) is 0.643. The molecule has 0 N–H and O–H groups in total. The molecule has 0 radical (unpaired) electrons. The molecule has 1 aromatic rings. The van der Waals surface area contributed by atoms with Crippen molar-refractivity contribution in [3.05, 3.63) is 24.3 Å². The molecule has 0 unspecified atom stereocenters. The molecule has 38 heavy (non-hydrogen) atoms. The van der Waals surface area contributed by atoms with E-state index in [4.69, 9.17) is 60.2 Å². The van der Waals surface area contributed by atoms with Crippen LogP contribution in [0.5, 0.6) is 11.5 Å². The zero-order valence-corrected chi connectivity index (χ0v) is 22.3. The van der Waals surface area contributed by atoms with E-state index in [-0.39, 0.29) is 0 Å². The van der Waals surface area contributed by atoms with Gasteiger partial charge in [0, 0.05) is 0 Å². The first-order chi connectivity index (χ1) is 18.9. The summed E-state index contributed by atoms with van der Waals surface area (Å²) < 4.78 is 54.0. The fourth-order valence-electron chi connectivity index (χ4n) is 2.65. The molecule has 0 bridgehead atoms. The number of benzene rings is 1. The minimum absolute atomic E-state index is 0.305. The first-order valence-electron chi connectivity index (χ1n) is 12.7. The molecule has 10 heteroatoms. The molecule has 0 saturated heterocycles. The molecule has 1 aromatic carbocycles. The molecule has 0 aliphatic rings. The maximum atomic E-state index is 5.66. The van der Waals surface area contributed by atoms with Crippen LogP contribution in [0.15, 0.2) is 24.3 Å². The lowest BCUT2D eigenvalue weighted by Crippen LogP contribution is -2.14. The molecule has 0 aliphatic heterocycles. The zero-order valence-electron chi connectivity index (χ0n) is 22.3. The van der Waals surface area contributed by atoms with Crippen LogP contribution in [0, 0.1) is 24.7 Å². The van der Waals surface area contributed by atoms with Gasteiger partial charge in [-0.25, -0.2) is 0 Å². The predicted molar refractivity (Wildman–Crippen MR) is 142 cm³/mol. The van der Waals surface area contributed by atoms with Gasteiger partial charge in [-0.05, 0) is 24.3 Å². The Morgan fingerprint density at radius 1 is 0.368 bits per heavy atom. The molecule has 0 spiro atoms. The smallest absolute Gasteiger partial charge is 0.119 e. The second kappa shape index (κ2) is 27.6. The van der Waals surface area contributed by atoms with Gasteiger partial charge in [-0.3, -0.25) is 0 Å². The largest absolute Gasteiger partial charge is 0.491 e. The highest BCUT2D eigenvalue weighted by atomic mass is 16.6. The van der Waals surface area contributed by atoms with Gasteiger partial charge >= 0.3 is 0 Å². The van der Waals surface area contributed by atoms with Crippen molar-refractivity contribution < 1.29 is 47.4 Å². The van der Waals surface area contributed by atoms with Crippen LogP contribution in [-0.2, 0) is 37.9 Å². The van der Waals surface area contributed by atoms with E-state index < -0.39 is 0 Å². The molecule has 0 amide bonds. The highest BCUT2D eigenvalue weighted by molar-refractivity contribution is 5.31. The quantitative estimate of drug-likeness (QED) is 0.116. The summed E-state index contributed by atoms with van der Waals surface area (Å²) in [6.07, 6.45) is 10.2. The van der Waals surface area contributed by atoms with Crippen LogP contribution in [0.25, 0.3) is 0 Å². The Hall–Kier alpha value is -2.38. The highest BCUT2D eigenvalue weighted by Gasteiger charge is 1.99. The van der Waals surface area contributed by atoms with Gasteiger partial charge in [-0.1, -0.05) is 11.8 Å². The van der Waals surface area contributed by atoms with E-state index in [1.165, 1.54) is 0 Å². The van der Waals surface area contributed by atoms with Crippen LogP contribution < -0.4 is 9.47 Å². The molecule has 1 rings (SSSR count). The number of rotatable bonds is 28. The zero-order chi connectivity index (χ0) is 27.2. The summed E-state index contributed by atoms with van der Waals surface area (Å²) >= 11 is 0. The van der Waals surface area contributed by atoms with E-state index in [1.807, 2.05) is 24.3 Å². The summed E-state index contributed by atoms with van der Waals surface area (Å²) in [5.41, 5.74) is 0. The number of ether oxygens (including phenoxy) is 10. The molecular weight excluding hydrogens is 496 g/mol. The third-order valence-electron chi connectivity index (χ3n) is 4.42. The minimum atomic E-state index is 0.305. The molecule has 214 valence electrons. The lowest BCUT2D eigenvalue weighted by atomic mass is 10.3. The summed E-state index contributed by atoms with van der Waals surface area (Å²) in [6, 6.07) is 7.42. The summed E-state index contributed by atoms with van der Waals surface area (Å²) in [5.74, 6) is 6.29. The van der Waals surface area contributed by atoms with Crippen molar-refractivity contribution in [3.63, 3.8) is 0 Å². The van der Waals surface area contributed by atoms with E-state index >= 15 is 0 Å². The minimum Gasteiger partial charge on any atom is -0.491 e. The van der Waals surface area contributed by atoms with Crippen molar-refractivity contribution in [2.45, 2.75) is 0 Å². The normalized spacial score (nSPS) is 10.7. The van der Waals surface area contributed by atoms with E-state index in [0.717, 1.165) is 11.5 Å². The monoisotopic (exact) mass is 538 g/mol. The predicted octanol–water partition coefficient (Wildman–Crippen LogP) is 1.84. The Bertz CT molecular complexity index is 653. The van der Waals surface area contributed by atoms with Crippen LogP contribution in [0.3, 0.4) is 0 Å². The van der Waals surface area contributed by atoms with Crippen molar-refractivity contribution in [2.75, 3.05) is 119 Å². The van der Waals surface area contributed by atoms with Crippen molar-refractivity contribution >= 4 is 0 Å². The third kappa shape index (κ3) is 22.8. The lowest BCUT2D eigenvalue weighted by Gasteiger charge is -2.10. The lowest BCUT2D eigenvalue weighted by molar-refractivity contribution is -0.00198. The average Bonchev–Trinajstić information content (AvgIpc) is 2.94. The molecule has 0 fully saturated rings. The Morgan fingerprint density at radius 3 is 0.868 bits per heavy atom. The summed E-state index contributed by atoms with van der Waals surface area (Å²) in [6.45, 7) is 8.44. The van der Waals surface area contributed by atoms with Gasteiger partial charge in [0.05, 0.1) is 92.5 Å². The summed E-state index contributed by atoms with van der Waals surface area (Å²) in [7, 11) is 0. The number of hydrogen-bond donors (Lipinski definition) is 0. The number of hydrogen-bond acceptors (Lipinski definition) is 10. The summed E-state index contributed by atoms with van der Waals surface area (Å²) in [4.78, 5) is 0. The molecule has 0 aliphatic carbocycles. The second-order valence-electron chi connectivity index (χ2n) is 7.36. The van der Waals surface area contributed by atoms with Crippen molar-refractivity contribution in [3.8, 4) is 36.2 Å². The highest BCUT2D eigenvalue weighted by Crippen LogP contribution is 2.17. The molecule has 0 saturated carbocycles. The second-order valence-corrected chi connectivity index (χ2v) is 7.36. The van der Waals surface area contributed by atoms with Crippen LogP contribution in [0.4, 0.5) is 0 Å². The molecule has 0 atom stereocenters. The van der Waals surface area contributed by atoms with Crippen molar-refractivity contribution in [1.29, 1.82) is 0 Å². The van der Waals surface area contributed by atoms with E-state index in [9.17, 15) is 0 Å². The average molecular weight is 539 g/mol. The van der Waals surface area contributed by atoms with Crippen LogP contribution in [0.2, 0.25) is 0 Å². The molecular formula is C28H42O10. The fourth-order valence-corrected chi connectivity index (χ4v) is 2.65. The third-order valence-corrected chi connectivity index (χ3v) is 4.42. The maximum Gasteiger partial charge on any atom is 0.119 e. The Balaban J connectivity index is 1.84. The Labute approximate surface area is 227 Å². The SMILES string of the molecule is C#CCOCCOCCOCCOCCOc1ccc(OCCOCCOCCOCCOCC#C)cc1. The van der Waals surface area contributed by atoms with Gasteiger partial charge in [-0.2, -0.15) is 0 Å². The van der Waals surface area contributed by atoms with Gasteiger partial charge in [-0.15, -0.1) is 12.8 Å². The van der Waals surface area contributed by atoms with Gasteiger partial charge in [0.1, 0.15) is 37.9 Å². The Kier molecular flexibility index (Phi) is 24.5. The van der Waals surface area contributed by atoms with Crippen LogP contribution >= 0.6 is 0 Å². The van der Waals surface area contributed by atoms with Gasteiger partial charge in [0.25, 0.3) is 0 Å². The topological polar surface area (TPSA) is 92.3 Å².